The Morgan fingerprint density at radius 2 is 2.00 bits per heavy atom. The fraction of sp³-hybridized carbons (Fsp3) is 0.533. The number of sulfonamides is 1. The molecule has 2 aromatic heterocycles. The van der Waals surface area contributed by atoms with E-state index in [0.717, 1.165) is 37.2 Å². The molecule has 2 aliphatic heterocycles. The summed E-state index contributed by atoms with van der Waals surface area (Å²) in [5.41, 5.74) is 0.845. The average molecular weight is 390 g/mol. The van der Waals surface area contributed by atoms with Crippen LogP contribution in [0.2, 0.25) is 0 Å². The van der Waals surface area contributed by atoms with Gasteiger partial charge in [0.25, 0.3) is 10.0 Å². The number of hydrogen-bond donors (Lipinski definition) is 1. The molecule has 0 bridgehead atoms. The lowest BCUT2D eigenvalue weighted by Gasteiger charge is -2.33. The van der Waals surface area contributed by atoms with Crippen LogP contribution in [0.5, 0.6) is 0 Å². The first-order chi connectivity index (χ1) is 11.1. The minimum atomic E-state index is -3.41. The number of hydrogen-bond acceptors (Lipinski definition) is 6. The van der Waals surface area contributed by atoms with Crippen molar-refractivity contribution in [3.63, 3.8) is 0 Å². The molecular formula is C15H20ClN3O3S2. The van der Waals surface area contributed by atoms with Crippen molar-refractivity contribution in [1.29, 1.82) is 0 Å². The number of piperidine rings is 1. The van der Waals surface area contributed by atoms with Crippen molar-refractivity contribution >= 4 is 33.8 Å². The third-order valence-corrected chi connectivity index (χ3v) is 8.35. The molecule has 0 unspecified atom stereocenters. The summed E-state index contributed by atoms with van der Waals surface area (Å²) in [6.07, 6.45) is 4.58. The molecule has 0 atom stereocenters. The van der Waals surface area contributed by atoms with Gasteiger partial charge >= 0.3 is 0 Å². The predicted molar refractivity (Wildman–Crippen MR) is 95.0 cm³/mol. The zero-order chi connectivity index (χ0) is 15.9. The molecule has 2 saturated heterocycles. The largest absolute Gasteiger partial charge is 0.364 e. The van der Waals surface area contributed by atoms with Crippen molar-refractivity contribution in [2.24, 2.45) is 5.41 Å². The van der Waals surface area contributed by atoms with Crippen molar-refractivity contribution < 1.29 is 12.9 Å². The molecule has 0 amide bonds. The third kappa shape index (κ3) is 3.13. The van der Waals surface area contributed by atoms with Gasteiger partial charge in [-0.25, -0.2) is 8.42 Å². The van der Waals surface area contributed by atoms with Gasteiger partial charge in [0.1, 0.15) is 16.2 Å². The molecule has 1 N–H and O–H groups in total. The number of halogens is 1. The zero-order valence-corrected chi connectivity index (χ0v) is 15.6. The van der Waals surface area contributed by atoms with Gasteiger partial charge in [-0.15, -0.1) is 23.7 Å². The second-order valence-electron chi connectivity index (χ2n) is 6.34. The van der Waals surface area contributed by atoms with E-state index < -0.39 is 10.0 Å². The maximum Gasteiger partial charge on any atom is 0.252 e. The normalized spacial score (nSPS) is 21.0. The Kier molecular flexibility index (Phi) is 5.04. The maximum atomic E-state index is 12.9. The topological polar surface area (TPSA) is 75.4 Å². The van der Waals surface area contributed by atoms with Crippen LogP contribution in [0.15, 0.2) is 33.2 Å². The Morgan fingerprint density at radius 1 is 1.21 bits per heavy atom. The van der Waals surface area contributed by atoms with E-state index >= 15 is 0 Å². The first-order valence-electron chi connectivity index (χ1n) is 7.81. The quantitative estimate of drug-likeness (QED) is 0.873. The van der Waals surface area contributed by atoms with Gasteiger partial charge in [0.05, 0.1) is 4.88 Å². The van der Waals surface area contributed by atoms with E-state index in [-0.39, 0.29) is 17.8 Å². The Bertz CT molecular complexity index is 783. The summed E-state index contributed by atoms with van der Waals surface area (Å²) in [5.74, 6) is 0. The third-order valence-electron chi connectivity index (χ3n) is 4.93. The highest BCUT2D eigenvalue weighted by Gasteiger charge is 2.43. The SMILES string of the molecule is Cl.O=S(=O)(c1ccc(-c2ccon2)s1)N1CCC2(CCNCC2)C1. The van der Waals surface area contributed by atoms with Crippen LogP contribution in [0.4, 0.5) is 0 Å². The minimum Gasteiger partial charge on any atom is -0.364 e. The van der Waals surface area contributed by atoms with Gasteiger partial charge in [0.15, 0.2) is 0 Å². The Morgan fingerprint density at radius 3 is 2.71 bits per heavy atom. The van der Waals surface area contributed by atoms with Gasteiger partial charge in [-0.2, -0.15) is 4.31 Å². The fourth-order valence-electron chi connectivity index (χ4n) is 3.53. The summed E-state index contributed by atoms with van der Waals surface area (Å²) in [6, 6.07) is 5.21. The van der Waals surface area contributed by atoms with E-state index in [1.807, 2.05) is 0 Å². The van der Waals surface area contributed by atoms with Crippen LogP contribution in [-0.4, -0.2) is 44.1 Å². The zero-order valence-electron chi connectivity index (χ0n) is 13.1. The summed E-state index contributed by atoms with van der Waals surface area (Å²) >= 11 is 1.26. The molecule has 2 aromatic rings. The van der Waals surface area contributed by atoms with E-state index in [1.54, 1.807) is 22.5 Å². The van der Waals surface area contributed by atoms with Crippen LogP contribution < -0.4 is 5.32 Å². The Hall–Kier alpha value is -0.930. The van der Waals surface area contributed by atoms with Gasteiger partial charge in [-0.1, -0.05) is 5.16 Å². The van der Waals surface area contributed by atoms with Crippen LogP contribution in [0, 0.1) is 5.41 Å². The molecule has 4 rings (SSSR count). The standard InChI is InChI=1S/C15H19N3O3S2.ClH/c19-23(20,14-2-1-13(22-14)12-3-10-21-17-12)18-9-6-15(11-18)4-7-16-8-5-15;/h1-3,10,16H,4-9,11H2;1H. The molecule has 1 spiro atoms. The van der Waals surface area contributed by atoms with E-state index in [9.17, 15) is 8.42 Å². The van der Waals surface area contributed by atoms with Crippen LogP contribution in [0.3, 0.4) is 0 Å². The molecule has 4 heterocycles. The van der Waals surface area contributed by atoms with E-state index in [1.165, 1.54) is 17.6 Å². The summed E-state index contributed by atoms with van der Waals surface area (Å²) < 4.78 is 32.7. The highest BCUT2D eigenvalue weighted by atomic mass is 35.5. The fourth-order valence-corrected chi connectivity index (χ4v) is 6.50. The molecule has 0 saturated carbocycles. The molecule has 0 aliphatic carbocycles. The number of thiophene rings is 1. The van der Waals surface area contributed by atoms with Crippen LogP contribution in [0.25, 0.3) is 10.6 Å². The predicted octanol–water partition coefficient (Wildman–Crippen LogP) is 2.59. The number of rotatable bonds is 3. The second kappa shape index (κ2) is 6.76. The van der Waals surface area contributed by atoms with Crippen molar-refractivity contribution in [2.75, 3.05) is 26.2 Å². The highest BCUT2D eigenvalue weighted by molar-refractivity contribution is 7.91. The lowest BCUT2D eigenvalue weighted by atomic mass is 9.78. The van der Waals surface area contributed by atoms with Crippen LogP contribution in [-0.2, 0) is 10.0 Å². The molecule has 132 valence electrons. The van der Waals surface area contributed by atoms with Crippen molar-refractivity contribution in [2.45, 2.75) is 23.5 Å². The average Bonchev–Trinajstić information content (AvgIpc) is 3.28. The molecule has 24 heavy (non-hydrogen) atoms. The summed E-state index contributed by atoms with van der Waals surface area (Å²) in [5, 5.41) is 7.23. The summed E-state index contributed by atoms with van der Waals surface area (Å²) in [6.45, 7) is 3.25. The van der Waals surface area contributed by atoms with Gasteiger partial charge < -0.3 is 9.84 Å². The first-order valence-corrected chi connectivity index (χ1v) is 10.1. The first kappa shape index (κ1) is 17.9. The molecule has 2 aliphatic rings. The molecule has 0 aromatic carbocycles. The lowest BCUT2D eigenvalue weighted by molar-refractivity contribution is 0.218. The smallest absolute Gasteiger partial charge is 0.252 e. The molecular weight excluding hydrogens is 370 g/mol. The van der Waals surface area contributed by atoms with E-state index in [2.05, 4.69) is 10.5 Å². The molecule has 2 fully saturated rings. The lowest BCUT2D eigenvalue weighted by Crippen LogP contribution is -2.39. The Balaban J connectivity index is 0.00000169. The summed E-state index contributed by atoms with van der Waals surface area (Å²) in [7, 11) is -3.41. The highest BCUT2D eigenvalue weighted by Crippen LogP contribution is 2.41. The number of nitrogens with zero attached hydrogens (tertiary/aromatic N) is 2. The van der Waals surface area contributed by atoms with Crippen molar-refractivity contribution in [3.05, 3.63) is 24.5 Å². The molecule has 0 radical (unpaired) electrons. The maximum absolute atomic E-state index is 12.9. The monoisotopic (exact) mass is 389 g/mol. The Labute approximate surface area is 151 Å². The van der Waals surface area contributed by atoms with Gasteiger partial charge in [-0.3, -0.25) is 0 Å². The minimum absolute atomic E-state index is 0. The van der Waals surface area contributed by atoms with E-state index in [4.69, 9.17) is 4.52 Å². The van der Waals surface area contributed by atoms with E-state index in [0.29, 0.717) is 23.0 Å². The number of aromatic nitrogens is 1. The second-order valence-corrected chi connectivity index (χ2v) is 9.59. The van der Waals surface area contributed by atoms with Crippen LogP contribution >= 0.6 is 23.7 Å². The summed E-state index contributed by atoms with van der Waals surface area (Å²) in [4.78, 5) is 0.813. The van der Waals surface area contributed by atoms with Crippen molar-refractivity contribution in [3.8, 4) is 10.6 Å². The van der Waals surface area contributed by atoms with Crippen LogP contribution in [0.1, 0.15) is 19.3 Å². The number of nitrogens with one attached hydrogen (secondary N) is 1. The van der Waals surface area contributed by atoms with Gasteiger partial charge in [0.2, 0.25) is 0 Å². The molecule has 9 heteroatoms. The van der Waals surface area contributed by atoms with Gasteiger partial charge in [0, 0.05) is 19.2 Å². The van der Waals surface area contributed by atoms with Gasteiger partial charge in [-0.05, 0) is 49.9 Å². The van der Waals surface area contributed by atoms with Crippen molar-refractivity contribution in [1.82, 2.24) is 14.8 Å². The molecule has 6 nitrogen and oxygen atoms in total.